The lowest BCUT2D eigenvalue weighted by Gasteiger charge is -2.12. The number of nitrogens with zero attached hydrogens (tertiary/aromatic N) is 2. The largest absolute Gasteiger partial charge is 0.343 e. The van der Waals surface area contributed by atoms with Gasteiger partial charge < -0.3 is 5.32 Å². The maximum atomic E-state index is 12.1. The van der Waals surface area contributed by atoms with Crippen molar-refractivity contribution in [3.8, 4) is 0 Å². The molecule has 1 N–H and O–H groups in total. The molecule has 0 aliphatic heterocycles. The molecular weight excluding hydrogens is 326 g/mol. The average molecular weight is 340 g/mol. The van der Waals surface area contributed by atoms with Crippen molar-refractivity contribution in [2.75, 3.05) is 0 Å². The van der Waals surface area contributed by atoms with E-state index in [9.17, 15) is 4.79 Å². The Balaban J connectivity index is 2.13. The van der Waals surface area contributed by atoms with Gasteiger partial charge in [-0.25, -0.2) is 9.97 Å². The van der Waals surface area contributed by atoms with Gasteiger partial charge in [-0.1, -0.05) is 6.07 Å². The van der Waals surface area contributed by atoms with Crippen molar-refractivity contribution in [3.05, 3.63) is 44.1 Å². The van der Waals surface area contributed by atoms with Gasteiger partial charge in [-0.15, -0.1) is 11.3 Å². The van der Waals surface area contributed by atoms with E-state index in [1.54, 1.807) is 29.5 Å². The van der Waals surface area contributed by atoms with E-state index in [0.29, 0.717) is 10.3 Å². The molecule has 2 heterocycles. The Morgan fingerprint density at radius 1 is 1.37 bits per heavy atom. The summed E-state index contributed by atoms with van der Waals surface area (Å²) >= 11 is 4.86. The van der Waals surface area contributed by atoms with Crippen molar-refractivity contribution < 1.29 is 4.79 Å². The van der Waals surface area contributed by atoms with Crippen LogP contribution >= 0.6 is 27.3 Å². The molecule has 100 valence electrons. The lowest BCUT2D eigenvalue weighted by Crippen LogP contribution is -2.27. The minimum atomic E-state index is -0.181. The monoisotopic (exact) mass is 339 g/mol. The molecule has 0 aliphatic carbocycles. The Morgan fingerprint density at radius 2 is 2.11 bits per heavy atom. The highest BCUT2D eigenvalue weighted by Crippen LogP contribution is 2.24. The highest BCUT2D eigenvalue weighted by atomic mass is 79.9. The highest BCUT2D eigenvalue weighted by Gasteiger charge is 2.16. The molecule has 0 aliphatic rings. The van der Waals surface area contributed by atoms with E-state index < -0.39 is 0 Å². The van der Waals surface area contributed by atoms with Crippen LogP contribution in [0.2, 0.25) is 0 Å². The molecule has 6 heteroatoms. The molecule has 2 aromatic heterocycles. The van der Waals surface area contributed by atoms with Gasteiger partial charge in [0.25, 0.3) is 5.91 Å². The van der Waals surface area contributed by atoms with Crippen LogP contribution in [-0.2, 0) is 0 Å². The van der Waals surface area contributed by atoms with Crippen LogP contribution in [0, 0.1) is 13.8 Å². The third-order valence-electron chi connectivity index (χ3n) is 2.63. The molecule has 2 rings (SSSR count). The first-order valence-electron chi connectivity index (χ1n) is 5.84. The van der Waals surface area contributed by atoms with Crippen molar-refractivity contribution in [1.29, 1.82) is 0 Å². The van der Waals surface area contributed by atoms with Crippen molar-refractivity contribution in [1.82, 2.24) is 15.3 Å². The minimum Gasteiger partial charge on any atom is -0.343 e. The van der Waals surface area contributed by atoms with Crippen LogP contribution in [0.25, 0.3) is 0 Å². The zero-order valence-electron chi connectivity index (χ0n) is 10.9. The second-order valence-corrected chi connectivity index (χ2v) is 6.27. The molecule has 19 heavy (non-hydrogen) atoms. The van der Waals surface area contributed by atoms with Gasteiger partial charge in [0.2, 0.25) is 0 Å². The third kappa shape index (κ3) is 3.39. The second-order valence-electron chi connectivity index (χ2n) is 4.22. The summed E-state index contributed by atoms with van der Waals surface area (Å²) in [5, 5.41) is 3.95. The first-order valence-corrected chi connectivity index (χ1v) is 7.45. The molecule has 0 radical (unpaired) electrons. The maximum Gasteiger partial charge on any atom is 0.270 e. The predicted octanol–water partition coefficient (Wildman–Crippen LogP) is 3.41. The fourth-order valence-corrected chi connectivity index (χ4v) is 3.09. The van der Waals surface area contributed by atoms with Gasteiger partial charge in [-0.3, -0.25) is 4.79 Å². The summed E-state index contributed by atoms with van der Waals surface area (Å²) in [5.74, 6) is -0.181. The first-order chi connectivity index (χ1) is 8.97. The molecule has 0 aromatic carbocycles. The quantitative estimate of drug-likeness (QED) is 0.871. The standard InChI is InChI=1S/C13H14BrN3OS/c1-7-12(19-9(3)15-7)8(2)16-13(18)10-5-4-6-11(14)17-10/h4-6,8H,1-3H3,(H,16,18). The van der Waals surface area contributed by atoms with E-state index in [2.05, 4.69) is 31.2 Å². The fraction of sp³-hybridized carbons (Fsp3) is 0.308. The number of aryl methyl sites for hydroxylation is 2. The van der Waals surface area contributed by atoms with Gasteiger partial charge in [0, 0.05) is 4.88 Å². The van der Waals surface area contributed by atoms with Crippen molar-refractivity contribution in [3.63, 3.8) is 0 Å². The molecule has 1 unspecified atom stereocenters. The zero-order valence-corrected chi connectivity index (χ0v) is 13.3. The van der Waals surface area contributed by atoms with Crippen LogP contribution < -0.4 is 5.32 Å². The number of halogens is 1. The number of pyridine rings is 1. The molecule has 0 fully saturated rings. The molecular formula is C13H14BrN3OS. The van der Waals surface area contributed by atoms with Gasteiger partial charge in [-0.05, 0) is 48.8 Å². The number of carbonyl (C=O) groups excluding carboxylic acids is 1. The average Bonchev–Trinajstić information content (AvgIpc) is 2.68. The van der Waals surface area contributed by atoms with E-state index in [0.717, 1.165) is 15.6 Å². The Bertz CT molecular complexity index is 612. The van der Waals surface area contributed by atoms with Crippen LogP contribution in [-0.4, -0.2) is 15.9 Å². The number of amides is 1. The van der Waals surface area contributed by atoms with Crippen LogP contribution in [0.5, 0.6) is 0 Å². The van der Waals surface area contributed by atoms with E-state index in [1.165, 1.54) is 0 Å². The van der Waals surface area contributed by atoms with Crippen LogP contribution in [0.15, 0.2) is 22.8 Å². The topological polar surface area (TPSA) is 54.9 Å². The van der Waals surface area contributed by atoms with E-state index in [-0.39, 0.29) is 11.9 Å². The smallest absolute Gasteiger partial charge is 0.270 e. The summed E-state index contributed by atoms with van der Waals surface area (Å²) < 4.78 is 0.651. The number of thiazole rings is 1. The number of aromatic nitrogens is 2. The Labute approximate surface area is 124 Å². The summed E-state index contributed by atoms with van der Waals surface area (Å²) in [6, 6.07) is 5.20. The van der Waals surface area contributed by atoms with Crippen LogP contribution in [0.1, 0.15) is 39.0 Å². The zero-order chi connectivity index (χ0) is 14.0. The fourth-order valence-electron chi connectivity index (χ4n) is 1.82. The van der Waals surface area contributed by atoms with Crippen molar-refractivity contribution in [2.45, 2.75) is 26.8 Å². The van der Waals surface area contributed by atoms with Crippen LogP contribution in [0.4, 0.5) is 0 Å². The lowest BCUT2D eigenvalue weighted by atomic mass is 10.2. The molecule has 1 atom stereocenters. The van der Waals surface area contributed by atoms with Crippen LogP contribution in [0.3, 0.4) is 0 Å². The first kappa shape index (κ1) is 14.1. The Hall–Kier alpha value is -1.27. The number of nitrogens with one attached hydrogen (secondary N) is 1. The SMILES string of the molecule is Cc1nc(C)c(C(C)NC(=O)c2cccc(Br)n2)s1. The molecule has 0 saturated carbocycles. The molecule has 0 bridgehead atoms. The van der Waals surface area contributed by atoms with Gasteiger partial charge in [0.15, 0.2) is 0 Å². The van der Waals surface area contributed by atoms with Crippen molar-refractivity contribution >= 4 is 33.2 Å². The third-order valence-corrected chi connectivity index (χ3v) is 4.33. The number of carbonyl (C=O) groups is 1. The normalized spacial score (nSPS) is 12.2. The second kappa shape index (κ2) is 5.79. The highest BCUT2D eigenvalue weighted by molar-refractivity contribution is 9.10. The Kier molecular flexibility index (Phi) is 4.31. The van der Waals surface area contributed by atoms with E-state index in [1.807, 2.05) is 20.8 Å². The maximum absolute atomic E-state index is 12.1. The molecule has 2 aromatic rings. The summed E-state index contributed by atoms with van der Waals surface area (Å²) in [4.78, 5) is 21.7. The number of rotatable bonds is 3. The number of hydrogen-bond acceptors (Lipinski definition) is 4. The van der Waals surface area contributed by atoms with E-state index >= 15 is 0 Å². The van der Waals surface area contributed by atoms with Gasteiger partial charge in [-0.2, -0.15) is 0 Å². The van der Waals surface area contributed by atoms with Gasteiger partial charge in [0.1, 0.15) is 10.3 Å². The summed E-state index contributed by atoms with van der Waals surface area (Å²) in [6.45, 7) is 5.88. The minimum absolute atomic E-state index is 0.0699. The van der Waals surface area contributed by atoms with Crippen molar-refractivity contribution in [2.24, 2.45) is 0 Å². The van der Waals surface area contributed by atoms with Gasteiger partial charge >= 0.3 is 0 Å². The number of hydrogen-bond donors (Lipinski definition) is 1. The Morgan fingerprint density at radius 3 is 2.68 bits per heavy atom. The lowest BCUT2D eigenvalue weighted by molar-refractivity contribution is 0.0935. The molecule has 4 nitrogen and oxygen atoms in total. The molecule has 1 amide bonds. The predicted molar refractivity (Wildman–Crippen MR) is 79.4 cm³/mol. The van der Waals surface area contributed by atoms with Gasteiger partial charge in [0.05, 0.1) is 16.7 Å². The summed E-state index contributed by atoms with van der Waals surface area (Å²) in [5.41, 5.74) is 1.37. The molecule has 0 spiro atoms. The summed E-state index contributed by atoms with van der Waals surface area (Å²) in [7, 11) is 0. The summed E-state index contributed by atoms with van der Waals surface area (Å²) in [6.07, 6.45) is 0. The molecule has 0 saturated heterocycles. The van der Waals surface area contributed by atoms with E-state index in [4.69, 9.17) is 0 Å².